The van der Waals surface area contributed by atoms with Gasteiger partial charge in [-0.15, -0.1) is 70.6 Å². The van der Waals surface area contributed by atoms with Crippen LogP contribution in [-0.2, 0) is 60.1 Å². The molecule has 3 aromatic carbocycles. The van der Waals surface area contributed by atoms with Gasteiger partial charge in [-0.2, -0.15) is 0 Å². The normalized spacial score (nSPS) is 11.8. The monoisotopic (exact) mass is 1180 g/mol. The smallest absolute Gasteiger partial charge is 0.338 e. The first-order chi connectivity index (χ1) is 34.6. The lowest BCUT2D eigenvalue weighted by Crippen LogP contribution is -2.37. The van der Waals surface area contributed by atoms with Crippen LogP contribution in [0.4, 0.5) is 0 Å². The predicted molar refractivity (Wildman–Crippen MR) is 319 cm³/mol. The van der Waals surface area contributed by atoms with Crippen LogP contribution in [0.3, 0.4) is 0 Å². The van der Waals surface area contributed by atoms with E-state index in [2.05, 4.69) is 0 Å². The number of thioether (sulfide) groups is 6. The molecule has 0 amide bonds. The largest absolute Gasteiger partial charge is 0.465 e. The van der Waals surface area contributed by atoms with E-state index in [-0.39, 0.29) is 57.0 Å². The van der Waals surface area contributed by atoms with Gasteiger partial charge in [-0.05, 0) is 122 Å². The molecule has 0 N–H and O–H groups in total. The van der Waals surface area contributed by atoms with Crippen molar-refractivity contribution in [2.45, 2.75) is 123 Å². The molecule has 0 bridgehead atoms. The van der Waals surface area contributed by atoms with Gasteiger partial charge in [0, 0.05) is 34.5 Å². The lowest BCUT2D eigenvalue weighted by atomic mass is 9.94. The van der Waals surface area contributed by atoms with E-state index in [0.29, 0.717) is 61.8 Å². The van der Waals surface area contributed by atoms with Gasteiger partial charge in [-0.25, -0.2) is 14.4 Å². The Morgan fingerprint density at radius 2 is 0.608 bits per heavy atom. The summed E-state index contributed by atoms with van der Waals surface area (Å²) >= 11 is 25.0. The Hall–Kier alpha value is -3.15. The third-order valence-electron chi connectivity index (χ3n) is 9.16. The summed E-state index contributed by atoms with van der Waals surface area (Å²) in [6, 6.07) is 21.4. The van der Waals surface area contributed by atoms with Crippen LogP contribution in [0.25, 0.3) is 0 Å². The molecule has 0 aliphatic carbocycles. The topological polar surface area (TPSA) is 158 Å². The fraction of sp³-hybridized carbons (Fsp3) is 0.491. The molecule has 0 spiro atoms. The Morgan fingerprint density at radius 3 is 0.824 bits per heavy atom. The molecule has 0 aliphatic heterocycles. The summed E-state index contributed by atoms with van der Waals surface area (Å²) in [6.07, 6.45) is 0.181. The van der Waals surface area contributed by atoms with Gasteiger partial charge in [-0.3, -0.25) is 14.4 Å². The minimum atomic E-state index is -1.06. The molecule has 0 heterocycles. The van der Waals surface area contributed by atoms with Gasteiger partial charge in [0.1, 0.15) is 47.2 Å². The summed E-state index contributed by atoms with van der Waals surface area (Å²) in [5, 5.41) is 0. The highest BCUT2D eigenvalue weighted by molar-refractivity contribution is 8.47. The molecule has 74 heavy (non-hydrogen) atoms. The van der Waals surface area contributed by atoms with Crippen molar-refractivity contribution in [1.82, 2.24) is 0 Å². The second kappa shape index (κ2) is 31.9. The zero-order valence-corrected chi connectivity index (χ0v) is 50.8. The maximum atomic E-state index is 13.0. The van der Waals surface area contributed by atoms with Crippen molar-refractivity contribution < 1.29 is 57.2 Å². The zero-order chi connectivity index (χ0) is 55.1. The van der Waals surface area contributed by atoms with Crippen molar-refractivity contribution in [2.24, 2.45) is 5.41 Å². The number of carbonyl (C=O) groups excluding carboxylic acids is 6. The lowest BCUT2D eigenvalue weighted by Gasteiger charge is -2.28. The maximum Gasteiger partial charge on any atom is 0.338 e. The fourth-order valence-corrected chi connectivity index (χ4v) is 11.8. The number of ether oxygens (including phenoxy) is 6. The standard InChI is InChI=1S/C53H66O12S9/c1-50(2,3)63-44(57)38-17-11-35(12-18-38)29-72-47(66)69-26-23-41(54)60-32-53(10,33-61-42(55)24-27-70-48(67)73-30-36-13-19-39(20-14-36)45(58)64-51(4,5)6)34-62-43(56)25-28-71-49(68)74-31-37-15-21-40(22-16-37)46(59)65-52(7,8)9/h11-22H,23-34H2,1-10H3. The molecule has 404 valence electrons. The molecule has 0 unspecified atom stereocenters. The first-order valence-corrected chi connectivity index (χ1v) is 30.5. The van der Waals surface area contributed by atoms with E-state index in [1.165, 1.54) is 70.6 Å². The molecule has 21 heteroatoms. The lowest BCUT2D eigenvalue weighted by molar-refractivity contribution is -0.160. The summed E-state index contributed by atoms with van der Waals surface area (Å²) in [5.41, 5.74) is 1.49. The summed E-state index contributed by atoms with van der Waals surface area (Å²) in [7, 11) is 0. The van der Waals surface area contributed by atoms with Crippen molar-refractivity contribution in [1.29, 1.82) is 0 Å². The fourth-order valence-electron chi connectivity index (χ4n) is 5.53. The number of benzene rings is 3. The van der Waals surface area contributed by atoms with Crippen LogP contribution < -0.4 is 0 Å². The molecule has 0 aromatic heterocycles. The van der Waals surface area contributed by atoms with Gasteiger partial charge in [-0.1, -0.05) is 73.1 Å². The first-order valence-electron chi connectivity index (χ1n) is 23.4. The molecule has 12 nitrogen and oxygen atoms in total. The van der Waals surface area contributed by atoms with Crippen LogP contribution in [0, 0.1) is 5.41 Å². The second-order valence-electron chi connectivity index (χ2n) is 19.8. The van der Waals surface area contributed by atoms with Crippen LogP contribution in [0.2, 0.25) is 0 Å². The molecule has 0 fully saturated rings. The van der Waals surface area contributed by atoms with Crippen molar-refractivity contribution in [3.05, 3.63) is 106 Å². The van der Waals surface area contributed by atoms with Crippen molar-refractivity contribution in [2.75, 3.05) is 37.1 Å². The quantitative estimate of drug-likeness (QED) is 0.0473. The van der Waals surface area contributed by atoms with Crippen LogP contribution in [-0.4, -0.2) is 100 Å². The van der Waals surface area contributed by atoms with Crippen LogP contribution in [0.5, 0.6) is 0 Å². The van der Waals surface area contributed by atoms with Gasteiger partial charge < -0.3 is 28.4 Å². The van der Waals surface area contributed by atoms with Gasteiger partial charge >= 0.3 is 35.8 Å². The van der Waals surface area contributed by atoms with E-state index in [1.807, 2.05) is 98.7 Å². The molecular formula is C53H66O12S9. The van der Waals surface area contributed by atoms with E-state index in [4.69, 9.17) is 65.1 Å². The van der Waals surface area contributed by atoms with E-state index in [0.717, 1.165) is 16.7 Å². The van der Waals surface area contributed by atoms with Crippen LogP contribution in [0.1, 0.15) is 136 Å². The Morgan fingerprint density at radius 1 is 0.378 bits per heavy atom. The number of thiocarbonyl (C=S) groups is 3. The Labute approximate surface area is 478 Å². The summed E-state index contributed by atoms with van der Waals surface area (Å²) < 4.78 is 35.2. The minimum absolute atomic E-state index is 0.0602. The Balaban J connectivity index is 1.47. The highest BCUT2D eigenvalue weighted by Crippen LogP contribution is 2.28. The van der Waals surface area contributed by atoms with E-state index in [9.17, 15) is 28.8 Å². The average Bonchev–Trinajstić information content (AvgIpc) is 3.31. The molecule has 0 aliphatic rings. The van der Waals surface area contributed by atoms with E-state index in [1.54, 1.807) is 43.3 Å². The minimum Gasteiger partial charge on any atom is -0.465 e. The van der Waals surface area contributed by atoms with Gasteiger partial charge in [0.25, 0.3) is 0 Å². The van der Waals surface area contributed by atoms with Gasteiger partial charge in [0.05, 0.1) is 41.4 Å². The predicted octanol–water partition coefficient (Wildman–Crippen LogP) is 13.5. The number of esters is 6. The third-order valence-corrected chi connectivity index (χ3v) is 17.5. The van der Waals surface area contributed by atoms with Crippen molar-refractivity contribution in [3.8, 4) is 0 Å². The molecule has 0 atom stereocenters. The highest BCUT2D eigenvalue weighted by atomic mass is 32.2. The molecule has 0 radical (unpaired) electrons. The van der Waals surface area contributed by atoms with Gasteiger partial charge in [0.2, 0.25) is 0 Å². The van der Waals surface area contributed by atoms with Crippen LogP contribution >= 0.6 is 107 Å². The van der Waals surface area contributed by atoms with E-state index < -0.39 is 40.1 Å². The van der Waals surface area contributed by atoms with Crippen LogP contribution in [0.15, 0.2) is 72.8 Å². The Bertz CT molecular complexity index is 2130. The number of rotatable bonds is 24. The Kier molecular flexibility index (Phi) is 28.1. The zero-order valence-electron chi connectivity index (χ0n) is 43.5. The number of carbonyl (C=O) groups is 6. The first kappa shape index (κ1) is 65.1. The average molecular weight is 1180 g/mol. The third kappa shape index (κ3) is 28.8. The summed E-state index contributed by atoms with van der Waals surface area (Å²) in [6.45, 7) is 17.5. The second-order valence-corrected chi connectivity index (χ2v) is 29.6. The molecule has 3 rings (SSSR count). The molecule has 0 saturated carbocycles. The number of hydrogen-bond acceptors (Lipinski definition) is 21. The van der Waals surface area contributed by atoms with E-state index >= 15 is 0 Å². The molecular weight excluding hydrogens is 1120 g/mol. The highest BCUT2D eigenvalue weighted by Gasteiger charge is 2.31. The molecule has 3 aromatic rings. The van der Waals surface area contributed by atoms with Crippen molar-refractivity contribution in [3.63, 3.8) is 0 Å². The number of hydrogen-bond donors (Lipinski definition) is 0. The van der Waals surface area contributed by atoms with Gasteiger partial charge in [0.15, 0.2) is 0 Å². The maximum absolute atomic E-state index is 13.0. The SMILES string of the molecule is CC(COC(=O)CCSC(=S)SCc1ccc(C(=O)OC(C)(C)C)cc1)(COC(=O)CCSC(=S)SCc1ccc(C(=O)OC(C)(C)C)cc1)COC(=O)CCSC(=S)SCc1ccc(C(=O)OC(C)(C)C)cc1. The van der Waals surface area contributed by atoms with Crippen molar-refractivity contribution >= 4 is 154 Å². The summed E-state index contributed by atoms with van der Waals surface area (Å²) in [5.74, 6) is 0.230. The molecule has 0 saturated heterocycles. The summed E-state index contributed by atoms with van der Waals surface area (Å²) in [4.78, 5) is 76.0.